The molecule has 0 atom stereocenters. The predicted octanol–water partition coefficient (Wildman–Crippen LogP) is 6.89. The molecule has 34 heavy (non-hydrogen) atoms. The summed E-state index contributed by atoms with van der Waals surface area (Å²) in [7, 11) is 0. The number of nitrogens with zero attached hydrogens (tertiary/aromatic N) is 2. The highest BCUT2D eigenvalue weighted by Crippen LogP contribution is 2.36. The molecule has 0 aromatic heterocycles. The van der Waals surface area contributed by atoms with Crippen LogP contribution in [0.15, 0.2) is 24.3 Å². The van der Waals surface area contributed by atoms with Crippen LogP contribution in [0.2, 0.25) is 0 Å². The van der Waals surface area contributed by atoms with E-state index in [9.17, 15) is 17.6 Å². The van der Waals surface area contributed by atoms with Crippen molar-refractivity contribution in [1.29, 1.82) is 10.5 Å². The second-order valence-corrected chi connectivity index (χ2v) is 9.00. The van der Waals surface area contributed by atoms with E-state index in [0.717, 1.165) is 37.8 Å². The van der Waals surface area contributed by atoms with Crippen LogP contribution in [-0.4, -0.2) is 13.2 Å². The van der Waals surface area contributed by atoms with Gasteiger partial charge >= 0.3 is 0 Å². The third kappa shape index (κ3) is 6.14. The maximum Gasteiger partial charge on any atom is 0.184 e. The van der Waals surface area contributed by atoms with Crippen molar-refractivity contribution >= 4 is 0 Å². The van der Waals surface area contributed by atoms with Crippen LogP contribution in [-0.2, 0) is 9.47 Å². The number of nitriles is 2. The quantitative estimate of drug-likeness (QED) is 0.443. The topological polar surface area (TPSA) is 66.0 Å². The van der Waals surface area contributed by atoms with Crippen molar-refractivity contribution in [2.24, 2.45) is 11.8 Å². The zero-order valence-electron chi connectivity index (χ0n) is 19.1. The molecule has 0 bridgehead atoms. The molecule has 2 fully saturated rings. The zero-order valence-corrected chi connectivity index (χ0v) is 19.1. The average Bonchev–Trinajstić information content (AvgIpc) is 2.80. The van der Waals surface area contributed by atoms with E-state index in [0.29, 0.717) is 24.7 Å². The van der Waals surface area contributed by atoms with Gasteiger partial charge in [-0.15, -0.1) is 0 Å². The number of benzene rings is 2. The van der Waals surface area contributed by atoms with E-state index < -0.39 is 40.7 Å². The molecule has 4 nitrogen and oxygen atoms in total. The molecule has 1 heterocycles. The molecule has 4 rings (SSSR count). The van der Waals surface area contributed by atoms with Gasteiger partial charge in [-0.25, -0.2) is 17.6 Å². The fourth-order valence-corrected chi connectivity index (χ4v) is 4.16. The molecular formula is C26H28F4N2O2. The first kappa shape index (κ1) is 25.7. The van der Waals surface area contributed by atoms with Gasteiger partial charge in [-0.3, -0.25) is 0 Å². The van der Waals surface area contributed by atoms with Crippen LogP contribution in [0, 0.1) is 57.8 Å². The van der Waals surface area contributed by atoms with E-state index in [-0.39, 0.29) is 18.8 Å². The van der Waals surface area contributed by atoms with E-state index in [1.54, 1.807) is 6.07 Å². The monoisotopic (exact) mass is 476 g/mol. The minimum absolute atomic E-state index is 0. The molecule has 0 spiro atoms. The van der Waals surface area contributed by atoms with Crippen LogP contribution >= 0.6 is 0 Å². The van der Waals surface area contributed by atoms with Gasteiger partial charge in [-0.05, 0) is 54.5 Å². The SMILES string of the molecule is CC1CCC(c2cc(F)c(C#N)c(F)c2)CC1.CC1COC(c2cc(F)c(C#N)c(F)c2)OC1.[HH]. The van der Waals surface area contributed by atoms with Crippen LogP contribution in [0.3, 0.4) is 0 Å². The van der Waals surface area contributed by atoms with E-state index in [1.165, 1.54) is 18.2 Å². The summed E-state index contributed by atoms with van der Waals surface area (Å²) in [5, 5.41) is 17.1. The third-order valence-electron chi connectivity index (χ3n) is 6.18. The highest BCUT2D eigenvalue weighted by atomic mass is 19.1. The Morgan fingerprint density at radius 1 is 0.706 bits per heavy atom. The molecule has 0 N–H and O–H groups in total. The molecule has 1 aliphatic carbocycles. The highest BCUT2D eigenvalue weighted by molar-refractivity contribution is 5.37. The summed E-state index contributed by atoms with van der Waals surface area (Å²) >= 11 is 0. The Morgan fingerprint density at radius 3 is 1.53 bits per heavy atom. The summed E-state index contributed by atoms with van der Waals surface area (Å²) in [5.41, 5.74) is -0.104. The maximum absolute atomic E-state index is 13.5. The summed E-state index contributed by atoms with van der Waals surface area (Å²) in [5.74, 6) is -2.05. The largest absolute Gasteiger partial charge is 0.348 e. The lowest BCUT2D eigenvalue weighted by Gasteiger charge is -2.27. The number of hydrogen-bond acceptors (Lipinski definition) is 4. The molecule has 2 aromatic rings. The second-order valence-electron chi connectivity index (χ2n) is 9.00. The molecule has 2 aliphatic rings. The number of rotatable bonds is 2. The summed E-state index contributed by atoms with van der Waals surface area (Å²) in [4.78, 5) is 0. The number of halogens is 4. The van der Waals surface area contributed by atoms with E-state index in [2.05, 4.69) is 6.92 Å². The first-order valence-corrected chi connectivity index (χ1v) is 11.2. The van der Waals surface area contributed by atoms with Crippen molar-refractivity contribution in [2.45, 2.75) is 51.7 Å². The third-order valence-corrected chi connectivity index (χ3v) is 6.18. The molecule has 182 valence electrons. The van der Waals surface area contributed by atoms with Gasteiger partial charge < -0.3 is 9.47 Å². The molecule has 0 radical (unpaired) electrons. The van der Waals surface area contributed by atoms with Gasteiger partial charge in [0, 0.05) is 12.9 Å². The standard InChI is InChI=1S/C14H15F2N.C12H11F2NO2.H2/c1-9-2-4-10(5-3-9)11-6-13(15)12(8-17)14(16)7-11;1-7-5-16-12(17-6-7)8-2-10(13)9(4-15)11(14)3-8;/h6-7,9-10H,2-5H2,1H3;2-3,7,12H,5-6H2,1H3;1H. The lowest BCUT2D eigenvalue weighted by atomic mass is 9.79. The summed E-state index contributed by atoms with van der Waals surface area (Å²) < 4.78 is 64.3. The fourth-order valence-electron chi connectivity index (χ4n) is 4.16. The van der Waals surface area contributed by atoms with Crippen LogP contribution in [0.5, 0.6) is 0 Å². The van der Waals surface area contributed by atoms with Crippen LogP contribution in [0.4, 0.5) is 17.6 Å². The van der Waals surface area contributed by atoms with E-state index in [1.807, 2.05) is 6.92 Å². The molecule has 2 aromatic carbocycles. The Kier molecular flexibility index (Phi) is 8.66. The minimum atomic E-state index is -0.895. The van der Waals surface area contributed by atoms with Gasteiger partial charge in [0.15, 0.2) is 6.29 Å². The van der Waals surface area contributed by atoms with Gasteiger partial charge in [-0.2, -0.15) is 10.5 Å². The maximum atomic E-state index is 13.5. The Balaban J connectivity index is 0.000000240. The number of ether oxygens (including phenoxy) is 2. The first-order valence-electron chi connectivity index (χ1n) is 11.2. The first-order chi connectivity index (χ1) is 16.2. The molecule has 8 heteroatoms. The van der Waals surface area contributed by atoms with E-state index in [4.69, 9.17) is 20.0 Å². The normalized spacial score (nSPS) is 24.4. The Hall–Kier alpha value is -2.94. The molecular weight excluding hydrogens is 448 g/mol. The van der Waals surface area contributed by atoms with Crippen LogP contribution in [0.25, 0.3) is 0 Å². The smallest absolute Gasteiger partial charge is 0.184 e. The molecule has 0 amide bonds. The van der Waals surface area contributed by atoms with Gasteiger partial charge in [0.05, 0.1) is 13.2 Å². The second kappa shape index (κ2) is 11.5. The molecule has 0 unspecified atom stereocenters. The van der Waals surface area contributed by atoms with Crippen molar-refractivity contribution in [2.75, 3.05) is 13.2 Å². The summed E-state index contributed by atoms with van der Waals surface area (Å²) in [6.07, 6.45) is 3.41. The summed E-state index contributed by atoms with van der Waals surface area (Å²) in [6.45, 7) is 5.12. The Labute approximate surface area is 198 Å². The Morgan fingerprint density at radius 2 is 1.12 bits per heavy atom. The van der Waals surface area contributed by atoms with E-state index >= 15 is 0 Å². The zero-order chi connectivity index (χ0) is 24.8. The van der Waals surface area contributed by atoms with Crippen molar-refractivity contribution in [1.82, 2.24) is 0 Å². The predicted molar refractivity (Wildman–Crippen MR) is 118 cm³/mol. The molecule has 1 saturated heterocycles. The van der Waals surface area contributed by atoms with Gasteiger partial charge in [0.1, 0.15) is 46.5 Å². The van der Waals surface area contributed by atoms with Gasteiger partial charge in [0.2, 0.25) is 0 Å². The summed E-state index contributed by atoms with van der Waals surface area (Å²) in [6, 6.07) is 7.81. The van der Waals surface area contributed by atoms with Crippen LogP contribution in [0.1, 0.15) is 75.4 Å². The fraction of sp³-hybridized carbons (Fsp3) is 0.462. The highest BCUT2D eigenvalue weighted by Gasteiger charge is 2.24. The van der Waals surface area contributed by atoms with Crippen molar-refractivity contribution in [3.63, 3.8) is 0 Å². The average molecular weight is 477 g/mol. The minimum Gasteiger partial charge on any atom is -0.348 e. The number of hydrogen-bond donors (Lipinski definition) is 0. The molecule has 1 saturated carbocycles. The lowest BCUT2D eigenvalue weighted by molar-refractivity contribution is -0.202. The van der Waals surface area contributed by atoms with Gasteiger partial charge in [0.25, 0.3) is 0 Å². The van der Waals surface area contributed by atoms with Crippen LogP contribution < -0.4 is 0 Å². The Bertz CT molecular complexity index is 966. The molecule has 1 aliphatic heterocycles. The van der Waals surface area contributed by atoms with Crippen molar-refractivity contribution in [3.05, 3.63) is 69.8 Å². The van der Waals surface area contributed by atoms with Crippen molar-refractivity contribution < 1.29 is 28.5 Å². The van der Waals surface area contributed by atoms with Crippen molar-refractivity contribution in [3.8, 4) is 12.1 Å². The van der Waals surface area contributed by atoms with Gasteiger partial charge in [-0.1, -0.05) is 26.7 Å². The lowest BCUT2D eigenvalue weighted by Crippen LogP contribution is -2.25.